The van der Waals surface area contributed by atoms with Crippen LogP contribution in [0.5, 0.6) is 5.75 Å². The fraction of sp³-hybridized carbons (Fsp3) is 0.368. The number of methoxy groups -OCH3 is 1. The first-order valence-electron chi connectivity index (χ1n) is 7.51. The molecular weight excluding hydrogens is 258 g/mol. The highest BCUT2D eigenvalue weighted by atomic mass is 16.5. The van der Waals surface area contributed by atoms with Crippen molar-refractivity contribution in [1.29, 1.82) is 0 Å². The molecule has 2 nitrogen and oxygen atoms in total. The van der Waals surface area contributed by atoms with Crippen LogP contribution in [0.1, 0.15) is 34.6 Å². The van der Waals surface area contributed by atoms with E-state index in [1.165, 1.54) is 22.3 Å². The summed E-state index contributed by atoms with van der Waals surface area (Å²) in [7, 11) is 3.73. The first kappa shape index (κ1) is 15.6. The van der Waals surface area contributed by atoms with Crippen molar-refractivity contribution in [3.8, 4) is 5.75 Å². The largest absolute Gasteiger partial charge is 0.496 e. The van der Waals surface area contributed by atoms with Crippen molar-refractivity contribution in [1.82, 2.24) is 5.32 Å². The summed E-state index contributed by atoms with van der Waals surface area (Å²) in [5, 5.41) is 3.26. The zero-order valence-electron chi connectivity index (χ0n) is 13.4. The van der Waals surface area contributed by atoms with Crippen LogP contribution in [0.25, 0.3) is 0 Å². The van der Waals surface area contributed by atoms with Gasteiger partial charge in [-0.2, -0.15) is 0 Å². The van der Waals surface area contributed by atoms with Gasteiger partial charge in [0.2, 0.25) is 0 Å². The van der Waals surface area contributed by atoms with E-state index in [4.69, 9.17) is 4.74 Å². The summed E-state index contributed by atoms with van der Waals surface area (Å²) in [4.78, 5) is 0. The molecule has 0 aliphatic carbocycles. The Labute approximate surface area is 128 Å². The molecule has 2 heteroatoms. The third-order valence-electron chi connectivity index (χ3n) is 3.95. The Morgan fingerprint density at radius 3 is 2.43 bits per heavy atom. The third kappa shape index (κ3) is 3.85. The smallest absolute Gasteiger partial charge is 0.121 e. The first-order valence-corrected chi connectivity index (χ1v) is 7.51. The van der Waals surface area contributed by atoms with Crippen LogP contribution in [-0.4, -0.2) is 20.7 Å². The molecule has 112 valence electrons. The average Bonchev–Trinajstić information content (AvgIpc) is 2.48. The summed E-state index contributed by atoms with van der Waals surface area (Å²) in [6.07, 6.45) is 1.09. The number of nitrogens with one attached hydrogen (secondary N) is 1. The van der Waals surface area contributed by atoms with Crippen molar-refractivity contribution in [2.45, 2.75) is 26.2 Å². The molecule has 0 heterocycles. The predicted molar refractivity (Wildman–Crippen MR) is 89.3 cm³/mol. The van der Waals surface area contributed by atoms with Gasteiger partial charge in [-0.3, -0.25) is 0 Å². The minimum atomic E-state index is 0.418. The minimum Gasteiger partial charge on any atom is -0.496 e. The van der Waals surface area contributed by atoms with Crippen LogP contribution in [0.4, 0.5) is 0 Å². The highest BCUT2D eigenvalue weighted by Crippen LogP contribution is 2.31. The quantitative estimate of drug-likeness (QED) is 0.863. The SMILES string of the molecule is CNCCC(c1cccc(C)c1)c1ccc(OC)c(C)c1. The highest BCUT2D eigenvalue weighted by molar-refractivity contribution is 5.41. The Morgan fingerprint density at radius 2 is 1.81 bits per heavy atom. The third-order valence-corrected chi connectivity index (χ3v) is 3.95. The van der Waals surface area contributed by atoms with E-state index in [2.05, 4.69) is 61.6 Å². The van der Waals surface area contributed by atoms with Crippen LogP contribution in [0.3, 0.4) is 0 Å². The molecule has 1 atom stereocenters. The average molecular weight is 283 g/mol. The molecule has 0 fully saturated rings. The second-order valence-corrected chi connectivity index (χ2v) is 5.59. The molecule has 0 amide bonds. The monoisotopic (exact) mass is 283 g/mol. The fourth-order valence-corrected chi connectivity index (χ4v) is 2.82. The standard InChI is InChI=1S/C19H25NO/c1-14-6-5-7-16(12-14)18(10-11-20-3)17-8-9-19(21-4)15(2)13-17/h5-9,12-13,18,20H,10-11H2,1-4H3. The Balaban J connectivity index is 2.37. The molecule has 0 radical (unpaired) electrons. The summed E-state index contributed by atoms with van der Waals surface area (Å²) in [5.74, 6) is 1.37. The molecule has 2 rings (SSSR count). The van der Waals surface area contributed by atoms with Crippen molar-refractivity contribution in [2.75, 3.05) is 20.7 Å². The van der Waals surface area contributed by atoms with E-state index < -0.39 is 0 Å². The number of aryl methyl sites for hydroxylation is 2. The second kappa shape index (κ2) is 7.28. The summed E-state index contributed by atoms with van der Waals surface area (Å²) in [6, 6.07) is 15.3. The summed E-state index contributed by atoms with van der Waals surface area (Å²) >= 11 is 0. The van der Waals surface area contributed by atoms with E-state index in [0.717, 1.165) is 18.7 Å². The van der Waals surface area contributed by atoms with E-state index in [1.807, 2.05) is 7.05 Å². The topological polar surface area (TPSA) is 21.3 Å². The van der Waals surface area contributed by atoms with Gasteiger partial charge in [0, 0.05) is 5.92 Å². The number of rotatable bonds is 6. The molecule has 1 unspecified atom stereocenters. The van der Waals surface area contributed by atoms with E-state index in [1.54, 1.807) is 7.11 Å². The lowest BCUT2D eigenvalue weighted by Gasteiger charge is -2.20. The first-order chi connectivity index (χ1) is 10.2. The van der Waals surface area contributed by atoms with Gasteiger partial charge >= 0.3 is 0 Å². The Morgan fingerprint density at radius 1 is 1.05 bits per heavy atom. The fourth-order valence-electron chi connectivity index (χ4n) is 2.82. The molecule has 0 saturated carbocycles. The van der Waals surface area contributed by atoms with Crippen molar-refractivity contribution >= 4 is 0 Å². The van der Waals surface area contributed by atoms with Crippen LogP contribution >= 0.6 is 0 Å². The Kier molecular flexibility index (Phi) is 5.40. The Hall–Kier alpha value is -1.80. The molecule has 0 aliphatic rings. The van der Waals surface area contributed by atoms with Crippen molar-refractivity contribution < 1.29 is 4.74 Å². The lowest BCUT2D eigenvalue weighted by molar-refractivity contribution is 0.411. The Bertz CT molecular complexity index is 592. The van der Waals surface area contributed by atoms with Crippen LogP contribution in [-0.2, 0) is 0 Å². The lowest BCUT2D eigenvalue weighted by Crippen LogP contribution is -2.13. The zero-order valence-corrected chi connectivity index (χ0v) is 13.4. The lowest BCUT2D eigenvalue weighted by atomic mass is 9.87. The molecule has 0 bridgehead atoms. The zero-order chi connectivity index (χ0) is 15.2. The predicted octanol–water partition coefficient (Wildman–Crippen LogP) is 4.05. The minimum absolute atomic E-state index is 0.418. The van der Waals surface area contributed by atoms with E-state index in [-0.39, 0.29) is 0 Å². The van der Waals surface area contributed by atoms with E-state index >= 15 is 0 Å². The summed E-state index contributed by atoms with van der Waals surface area (Å²) in [6.45, 7) is 5.26. The van der Waals surface area contributed by atoms with Gasteiger partial charge in [0.05, 0.1) is 7.11 Å². The molecule has 21 heavy (non-hydrogen) atoms. The van der Waals surface area contributed by atoms with Crippen LogP contribution in [0.15, 0.2) is 42.5 Å². The number of ether oxygens (including phenoxy) is 1. The molecule has 0 aromatic heterocycles. The van der Waals surface area contributed by atoms with E-state index in [0.29, 0.717) is 5.92 Å². The normalized spacial score (nSPS) is 12.2. The van der Waals surface area contributed by atoms with Gasteiger partial charge in [-0.05, 0) is 56.6 Å². The molecule has 1 N–H and O–H groups in total. The maximum atomic E-state index is 5.37. The molecule has 2 aromatic rings. The summed E-state index contributed by atoms with van der Waals surface area (Å²) in [5.41, 5.74) is 5.24. The van der Waals surface area contributed by atoms with Crippen molar-refractivity contribution in [2.24, 2.45) is 0 Å². The van der Waals surface area contributed by atoms with Crippen LogP contribution in [0, 0.1) is 13.8 Å². The van der Waals surface area contributed by atoms with Gasteiger partial charge in [0.25, 0.3) is 0 Å². The molecule has 0 saturated heterocycles. The van der Waals surface area contributed by atoms with Gasteiger partial charge < -0.3 is 10.1 Å². The molecular formula is C19H25NO. The van der Waals surface area contributed by atoms with Crippen molar-refractivity contribution in [3.05, 3.63) is 64.7 Å². The maximum Gasteiger partial charge on any atom is 0.121 e. The second-order valence-electron chi connectivity index (χ2n) is 5.59. The van der Waals surface area contributed by atoms with Crippen LogP contribution < -0.4 is 10.1 Å². The van der Waals surface area contributed by atoms with Crippen molar-refractivity contribution in [3.63, 3.8) is 0 Å². The van der Waals surface area contributed by atoms with Gasteiger partial charge in [0.1, 0.15) is 5.75 Å². The number of hydrogen-bond donors (Lipinski definition) is 1. The number of hydrogen-bond acceptors (Lipinski definition) is 2. The molecule has 2 aromatic carbocycles. The highest BCUT2D eigenvalue weighted by Gasteiger charge is 2.15. The molecule has 0 aliphatic heterocycles. The summed E-state index contributed by atoms with van der Waals surface area (Å²) < 4.78 is 5.37. The maximum absolute atomic E-state index is 5.37. The van der Waals surface area contributed by atoms with Gasteiger partial charge in [-0.25, -0.2) is 0 Å². The van der Waals surface area contributed by atoms with Gasteiger partial charge in [0.15, 0.2) is 0 Å². The van der Waals surface area contributed by atoms with Gasteiger partial charge in [-0.15, -0.1) is 0 Å². The van der Waals surface area contributed by atoms with E-state index in [9.17, 15) is 0 Å². The van der Waals surface area contributed by atoms with Crippen LogP contribution in [0.2, 0.25) is 0 Å². The molecule has 0 spiro atoms. The van der Waals surface area contributed by atoms with Gasteiger partial charge in [-0.1, -0.05) is 42.0 Å². The number of benzene rings is 2.